The number of fused-ring (bicyclic) bond motifs is 1. The molecule has 0 spiro atoms. The number of benzene rings is 1. The molecule has 0 N–H and O–H groups in total. The van der Waals surface area contributed by atoms with Crippen molar-refractivity contribution >= 4 is 38.8 Å². The number of hydrogen-bond acceptors (Lipinski definition) is 4. The highest BCUT2D eigenvalue weighted by Crippen LogP contribution is 2.32. The Morgan fingerprint density at radius 3 is 2.28 bits per heavy atom. The number of amides is 1. The third-order valence-corrected chi connectivity index (χ3v) is 6.09. The smallest absolute Gasteiger partial charge is 0.278 e. The first kappa shape index (κ1) is 13.8. The molecule has 2 aliphatic rings. The van der Waals surface area contributed by atoms with E-state index >= 15 is 0 Å². The van der Waals surface area contributed by atoms with E-state index in [0.717, 1.165) is 15.7 Å². The van der Waals surface area contributed by atoms with Crippen molar-refractivity contribution in [2.75, 3.05) is 13.2 Å². The fourth-order valence-electron chi connectivity index (χ4n) is 1.67. The lowest BCUT2D eigenvalue weighted by Crippen LogP contribution is -2.18. The zero-order valence-corrected chi connectivity index (χ0v) is 12.5. The van der Waals surface area contributed by atoms with Crippen LogP contribution in [0.2, 0.25) is 0 Å². The van der Waals surface area contributed by atoms with Crippen molar-refractivity contribution in [3.63, 3.8) is 0 Å². The van der Waals surface area contributed by atoms with E-state index in [1.54, 1.807) is 12.1 Å². The predicted molar refractivity (Wildman–Crippen MR) is 73.9 cm³/mol. The summed E-state index contributed by atoms with van der Waals surface area (Å²) in [5.74, 6) is -0.476. The van der Waals surface area contributed by atoms with Crippen molar-refractivity contribution in [1.29, 1.82) is 0 Å². The monoisotopic (exact) mass is 381 g/mol. The average Bonchev–Trinajstić information content (AvgIpc) is 3.00. The Morgan fingerprint density at radius 1 is 1.17 bits per heavy atom. The van der Waals surface area contributed by atoms with Crippen LogP contribution in [0.4, 0.5) is 0 Å². The van der Waals surface area contributed by atoms with Crippen LogP contribution in [0.3, 0.4) is 0 Å². The number of hydrogen-bond donors (Lipinski definition) is 0. The van der Waals surface area contributed by atoms with Crippen LogP contribution in [0, 0.1) is 0 Å². The molecule has 0 unspecified atom stereocenters. The fraction of sp³-hybridized carbons (Fsp3) is 0.364. The van der Waals surface area contributed by atoms with Crippen LogP contribution >= 0.6 is 22.9 Å². The van der Waals surface area contributed by atoms with E-state index in [9.17, 15) is 13.2 Å². The van der Waals surface area contributed by atoms with Crippen molar-refractivity contribution in [3.8, 4) is 0 Å². The molecular formula is C11H12INO4S. The summed E-state index contributed by atoms with van der Waals surface area (Å²) in [6.07, 6.45) is 2.56. The average molecular weight is 381 g/mol. The van der Waals surface area contributed by atoms with E-state index in [0.29, 0.717) is 0 Å². The highest BCUT2D eigenvalue weighted by Gasteiger charge is 2.39. The maximum atomic E-state index is 11.5. The van der Waals surface area contributed by atoms with Gasteiger partial charge in [0.2, 0.25) is 0 Å². The normalized spacial score (nSPS) is 20.3. The van der Waals surface area contributed by atoms with Crippen LogP contribution in [0.1, 0.15) is 23.2 Å². The molecule has 18 heavy (non-hydrogen) atoms. The number of sulfonamides is 1. The van der Waals surface area contributed by atoms with Gasteiger partial charge in [-0.25, -0.2) is 8.42 Å². The molecule has 0 aliphatic carbocycles. The lowest BCUT2D eigenvalue weighted by atomic mass is 10.2. The molecule has 1 aromatic rings. The predicted octanol–water partition coefficient (Wildman–Crippen LogP) is 1.98. The van der Waals surface area contributed by atoms with Gasteiger partial charge in [-0.15, -0.1) is 0 Å². The molecule has 0 aromatic heterocycles. The van der Waals surface area contributed by atoms with E-state index in [4.69, 9.17) is 4.74 Å². The second-order valence-electron chi connectivity index (χ2n) is 3.84. The van der Waals surface area contributed by atoms with E-state index in [1.807, 2.05) is 0 Å². The number of rotatable bonds is 0. The lowest BCUT2D eigenvalue weighted by molar-refractivity contribution is 0.0944. The molecule has 3 rings (SSSR count). The number of halogens is 1. The molecule has 2 aliphatic heterocycles. The van der Waals surface area contributed by atoms with Gasteiger partial charge in [0.1, 0.15) is 4.90 Å². The first-order valence-electron chi connectivity index (χ1n) is 5.47. The molecule has 1 fully saturated rings. The second-order valence-corrected chi connectivity index (χ2v) is 7.22. The van der Waals surface area contributed by atoms with Gasteiger partial charge in [-0.2, -0.15) is 2.52 Å². The van der Waals surface area contributed by atoms with E-state index < -0.39 is 15.9 Å². The molecule has 0 saturated carbocycles. The Balaban J connectivity index is 0.000000202. The quantitative estimate of drug-likeness (QED) is 0.509. The van der Waals surface area contributed by atoms with E-state index in [1.165, 1.54) is 47.8 Å². The van der Waals surface area contributed by atoms with E-state index in [2.05, 4.69) is 0 Å². The molecule has 98 valence electrons. The molecule has 1 aromatic carbocycles. The summed E-state index contributed by atoms with van der Waals surface area (Å²) in [6.45, 7) is 2.00. The second kappa shape index (κ2) is 5.54. The maximum absolute atomic E-state index is 11.5. The molecule has 0 bridgehead atoms. The summed E-state index contributed by atoms with van der Waals surface area (Å²) in [5.41, 5.74) is 0.247. The third kappa shape index (κ3) is 2.52. The van der Waals surface area contributed by atoms with Gasteiger partial charge in [0, 0.05) is 13.2 Å². The molecular weight excluding hydrogens is 369 g/mol. The Bertz CT molecular complexity index is 546. The highest BCUT2D eigenvalue weighted by molar-refractivity contribution is 14.1. The van der Waals surface area contributed by atoms with Gasteiger partial charge >= 0.3 is 0 Å². The largest absolute Gasteiger partial charge is 0.381 e. The molecule has 7 heteroatoms. The zero-order valence-electron chi connectivity index (χ0n) is 9.50. The molecule has 1 amide bonds. The number of nitrogens with zero attached hydrogens (tertiary/aromatic N) is 1. The summed E-state index contributed by atoms with van der Waals surface area (Å²) >= 11 is 1.49. The van der Waals surface area contributed by atoms with Crippen molar-refractivity contribution in [2.24, 2.45) is 0 Å². The summed E-state index contributed by atoms with van der Waals surface area (Å²) < 4.78 is 28.7. The van der Waals surface area contributed by atoms with Crippen molar-refractivity contribution in [1.82, 2.24) is 2.52 Å². The molecule has 0 atom stereocenters. The van der Waals surface area contributed by atoms with E-state index in [-0.39, 0.29) is 10.5 Å². The van der Waals surface area contributed by atoms with Gasteiger partial charge in [0.25, 0.3) is 15.9 Å². The number of carbonyl (C=O) groups is 1. The van der Waals surface area contributed by atoms with Crippen LogP contribution in [0.5, 0.6) is 0 Å². The Kier molecular flexibility index (Phi) is 4.23. The van der Waals surface area contributed by atoms with Gasteiger partial charge in [-0.3, -0.25) is 4.79 Å². The van der Waals surface area contributed by atoms with Crippen LogP contribution < -0.4 is 0 Å². The minimum atomic E-state index is -3.56. The SMILES string of the molecule is C1CCOC1.O=C1c2ccccc2S(=O)(=O)N1I. The first-order chi connectivity index (χ1) is 8.55. The zero-order chi connectivity index (χ0) is 13.2. The molecule has 2 heterocycles. The summed E-state index contributed by atoms with van der Waals surface area (Å²) in [5, 5.41) is 0. The standard InChI is InChI=1S/C7H4INO3S.C4H8O/c8-9-7(10)5-3-1-2-4-6(5)13(9,11)12;1-2-4-5-3-1/h1-4H;1-4H2. The van der Waals surface area contributed by atoms with Crippen molar-refractivity contribution in [3.05, 3.63) is 29.8 Å². The number of ether oxygens (including phenoxy) is 1. The molecule has 1 saturated heterocycles. The van der Waals surface area contributed by atoms with Gasteiger partial charge in [-0.05, 0) is 25.0 Å². The minimum absolute atomic E-state index is 0.0920. The summed E-state index contributed by atoms with van der Waals surface area (Å²) in [6, 6.07) is 6.18. The number of carbonyl (C=O) groups excluding carboxylic acids is 1. The Hall–Kier alpha value is -0.670. The highest BCUT2D eigenvalue weighted by atomic mass is 127. The van der Waals surface area contributed by atoms with Gasteiger partial charge in [-0.1, -0.05) is 12.1 Å². The van der Waals surface area contributed by atoms with Crippen LogP contribution in [0.25, 0.3) is 0 Å². The molecule has 5 nitrogen and oxygen atoms in total. The van der Waals surface area contributed by atoms with Crippen molar-refractivity contribution in [2.45, 2.75) is 17.7 Å². The summed E-state index contributed by atoms with van der Waals surface area (Å²) in [4.78, 5) is 11.4. The van der Waals surface area contributed by atoms with Crippen LogP contribution in [-0.4, -0.2) is 30.1 Å². The summed E-state index contributed by atoms with van der Waals surface area (Å²) in [7, 11) is -3.56. The minimum Gasteiger partial charge on any atom is -0.381 e. The first-order valence-corrected chi connectivity index (χ1v) is 7.88. The molecule has 0 radical (unpaired) electrons. The lowest BCUT2D eigenvalue weighted by Gasteiger charge is -2.02. The third-order valence-electron chi connectivity index (χ3n) is 2.59. The van der Waals surface area contributed by atoms with Crippen LogP contribution in [0.15, 0.2) is 29.2 Å². The van der Waals surface area contributed by atoms with Gasteiger partial charge in [0.15, 0.2) is 0 Å². The Morgan fingerprint density at radius 2 is 1.78 bits per heavy atom. The van der Waals surface area contributed by atoms with Crippen LogP contribution in [-0.2, 0) is 14.8 Å². The topological polar surface area (TPSA) is 63.7 Å². The van der Waals surface area contributed by atoms with Crippen molar-refractivity contribution < 1.29 is 17.9 Å². The Labute approximate surface area is 120 Å². The fourth-order valence-corrected chi connectivity index (χ4v) is 3.74. The van der Waals surface area contributed by atoms with Gasteiger partial charge < -0.3 is 4.74 Å². The van der Waals surface area contributed by atoms with Gasteiger partial charge in [0.05, 0.1) is 28.4 Å². The maximum Gasteiger partial charge on any atom is 0.278 e.